The molecule has 0 heterocycles. The Kier molecular flexibility index (Phi) is 6.66. The third-order valence-corrected chi connectivity index (χ3v) is 1.89. The Labute approximate surface area is 67.1 Å². The Morgan fingerprint density at radius 3 is 2.36 bits per heavy atom. The predicted octanol–water partition coefficient (Wildman–Crippen LogP) is -0.228. The summed E-state index contributed by atoms with van der Waals surface area (Å²) in [5.41, 5.74) is 0. The lowest BCUT2D eigenvalue weighted by molar-refractivity contribution is 0.0246. The summed E-state index contributed by atoms with van der Waals surface area (Å²) in [5.74, 6) is 0. The third kappa shape index (κ3) is 5.27. The van der Waals surface area contributed by atoms with Gasteiger partial charge in [-0.3, -0.25) is 4.57 Å². The monoisotopic (exact) mass is 180 g/mol. The Hall–Kier alpha value is -0.0200. The van der Waals surface area contributed by atoms with Gasteiger partial charge in [0.25, 0.3) is 0 Å². The molecule has 3 N–H and O–H groups in total. The minimum Gasteiger partial charge on any atom is -0.396 e. The summed E-state index contributed by atoms with van der Waals surface area (Å²) in [6, 6.07) is 0. The van der Waals surface area contributed by atoms with Crippen LogP contribution in [0.2, 0.25) is 0 Å². The van der Waals surface area contributed by atoms with Crippen LogP contribution in [0.25, 0.3) is 0 Å². The van der Waals surface area contributed by atoms with E-state index in [4.69, 9.17) is 15.3 Å². The van der Waals surface area contributed by atoms with Gasteiger partial charge in [-0.15, -0.1) is 0 Å². The van der Waals surface area contributed by atoms with Crippen LogP contribution in [0.1, 0.15) is 12.8 Å². The Morgan fingerprint density at radius 2 is 1.91 bits per heavy atom. The van der Waals surface area contributed by atoms with Crippen LogP contribution in [0, 0.1) is 0 Å². The van der Waals surface area contributed by atoms with Crippen molar-refractivity contribution in [2.24, 2.45) is 0 Å². The topological polar surface area (TPSA) is 77.8 Å². The second-order valence-corrected chi connectivity index (χ2v) is 2.94. The van der Waals surface area contributed by atoms with Gasteiger partial charge in [0.1, 0.15) is 0 Å². The third-order valence-electron chi connectivity index (χ3n) is 1.36. The highest BCUT2D eigenvalue weighted by Crippen LogP contribution is 2.06. The van der Waals surface area contributed by atoms with Crippen LogP contribution < -0.4 is 0 Å². The van der Waals surface area contributed by atoms with E-state index in [0.29, 0.717) is 12.8 Å². The molecule has 0 bridgehead atoms. The summed E-state index contributed by atoms with van der Waals surface area (Å²) in [5, 5.41) is 26.5. The highest BCUT2D eigenvalue weighted by Gasteiger charge is 2.14. The zero-order valence-corrected chi connectivity index (χ0v) is 7.07. The van der Waals surface area contributed by atoms with E-state index >= 15 is 0 Å². The maximum absolute atomic E-state index is 9.97. The summed E-state index contributed by atoms with van der Waals surface area (Å²) in [4.78, 5) is 0. The van der Waals surface area contributed by atoms with Crippen LogP contribution in [-0.4, -0.2) is 40.3 Å². The first-order valence-electron chi connectivity index (χ1n) is 3.48. The van der Waals surface area contributed by atoms with Gasteiger partial charge < -0.3 is 15.3 Å². The lowest BCUT2D eigenvalue weighted by Gasteiger charge is -2.13. The van der Waals surface area contributed by atoms with Crippen LogP contribution in [0.4, 0.5) is 0 Å². The Bertz CT molecular complexity index is 109. The lowest BCUT2D eigenvalue weighted by Crippen LogP contribution is -2.27. The van der Waals surface area contributed by atoms with Crippen molar-refractivity contribution in [3.63, 3.8) is 0 Å². The molecule has 66 valence electrons. The normalized spacial score (nSPS) is 16.6. The Morgan fingerprint density at radius 1 is 1.27 bits per heavy atom. The van der Waals surface area contributed by atoms with E-state index in [1.807, 2.05) is 0 Å². The van der Waals surface area contributed by atoms with E-state index in [-0.39, 0.29) is 21.2 Å². The van der Waals surface area contributed by atoms with Gasteiger partial charge in [-0.1, -0.05) is 0 Å². The molecule has 0 aliphatic carbocycles. The van der Waals surface area contributed by atoms with Gasteiger partial charge in [-0.05, 0) is 12.8 Å². The largest absolute Gasteiger partial charge is 0.396 e. The van der Waals surface area contributed by atoms with Crippen molar-refractivity contribution < 1.29 is 19.9 Å². The first-order valence-corrected chi connectivity index (χ1v) is 4.48. The molecule has 0 fully saturated rings. The molecule has 0 radical (unpaired) electrons. The molecule has 0 aromatic rings. The van der Waals surface area contributed by atoms with Crippen molar-refractivity contribution in [2.75, 3.05) is 12.8 Å². The van der Waals surface area contributed by atoms with E-state index in [0.717, 1.165) is 0 Å². The maximum atomic E-state index is 9.97. The van der Waals surface area contributed by atoms with Crippen molar-refractivity contribution in [3.8, 4) is 0 Å². The highest BCUT2D eigenvalue weighted by molar-refractivity contribution is 7.23. The molecule has 0 aliphatic heterocycles. The minimum absolute atomic E-state index is 0.00112. The van der Waals surface area contributed by atoms with Crippen molar-refractivity contribution in [2.45, 2.75) is 25.0 Å². The van der Waals surface area contributed by atoms with E-state index in [1.54, 1.807) is 0 Å². The first kappa shape index (κ1) is 11.0. The van der Waals surface area contributed by atoms with Gasteiger partial charge in [-0.2, -0.15) is 0 Å². The maximum Gasteiger partial charge on any atom is 0.158 e. The molecule has 0 aromatic carbocycles. The van der Waals surface area contributed by atoms with Gasteiger partial charge in [0.15, 0.2) is 8.46 Å². The average Bonchev–Trinajstić information content (AvgIpc) is 2.00. The number of rotatable bonds is 6. The SMILES string of the molecule is O=PCC(O)C(O)CCCO. The smallest absolute Gasteiger partial charge is 0.158 e. The van der Waals surface area contributed by atoms with Crippen molar-refractivity contribution in [1.29, 1.82) is 0 Å². The molecule has 0 spiro atoms. The molecule has 4 nitrogen and oxygen atoms in total. The highest BCUT2D eigenvalue weighted by atomic mass is 31.1. The van der Waals surface area contributed by atoms with Gasteiger partial charge in [0.2, 0.25) is 0 Å². The molecule has 0 rings (SSSR count). The standard InChI is InChI=1S/C6H13O4P/c7-3-1-2-5(8)6(9)4-11-10/h5-9H,1-4H2. The van der Waals surface area contributed by atoms with E-state index in [2.05, 4.69) is 0 Å². The van der Waals surface area contributed by atoms with Crippen LogP contribution in [-0.2, 0) is 4.57 Å². The van der Waals surface area contributed by atoms with E-state index in [9.17, 15) is 4.57 Å². The fraction of sp³-hybridized carbons (Fsp3) is 1.00. The lowest BCUT2D eigenvalue weighted by atomic mass is 10.1. The summed E-state index contributed by atoms with van der Waals surface area (Å²) in [7, 11) is -0.169. The molecule has 2 atom stereocenters. The van der Waals surface area contributed by atoms with Crippen LogP contribution in [0.15, 0.2) is 0 Å². The first-order chi connectivity index (χ1) is 5.22. The minimum atomic E-state index is -0.944. The molecule has 11 heavy (non-hydrogen) atoms. The van der Waals surface area contributed by atoms with Gasteiger partial charge in [0, 0.05) is 6.61 Å². The van der Waals surface area contributed by atoms with Crippen LogP contribution >= 0.6 is 8.46 Å². The van der Waals surface area contributed by atoms with Gasteiger partial charge >= 0.3 is 0 Å². The molecule has 0 aromatic heterocycles. The van der Waals surface area contributed by atoms with Gasteiger partial charge in [0.05, 0.1) is 18.4 Å². The molecular weight excluding hydrogens is 167 g/mol. The van der Waals surface area contributed by atoms with Crippen molar-refractivity contribution in [1.82, 2.24) is 0 Å². The van der Waals surface area contributed by atoms with E-state index < -0.39 is 12.2 Å². The summed E-state index contributed by atoms with van der Waals surface area (Å²) in [6.45, 7) is -0.00112. The van der Waals surface area contributed by atoms with E-state index in [1.165, 1.54) is 0 Å². The number of hydrogen-bond acceptors (Lipinski definition) is 4. The average molecular weight is 180 g/mol. The van der Waals surface area contributed by atoms with Crippen LogP contribution in [0.3, 0.4) is 0 Å². The summed E-state index contributed by atoms with van der Waals surface area (Å²) < 4.78 is 9.97. The summed E-state index contributed by atoms with van der Waals surface area (Å²) in [6.07, 6.45) is -0.974. The number of aliphatic hydroxyl groups is 3. The van der Waals surface area contributed by atoms with Crippen molar-refractivity contribution >= 4 is 8.46 Å². The second-order valence-electron chi connectivity index (χ2n) is 2.31. The fourth-order valence-corrected chi connectivity index (χ4v) is 1.09. The van der Waals surface area contributed by atoms with Crippen LogP contribution in [0.5, 0.6) is 0 Å². The number of aliphatic hydroxyl groups excluding tert-OH is 3. The number of hydrogen-bond donors (Lipinski definition) is 3. The zero-order valence-electron chi connectivity index (χ0n) is 6.18. The van der Waals surface area contributed by atoms with Crippen molar-refractivity contribution in [3.05, 3.63) is 0 Å². The second kappa shape index (κ2) is 6.68. The molecule has 5 heteroatoms. The quantitative estimate of drug-likeness (QED) is 0.493. The fourth-order valence-electron chi connectivity index (χ4n) is 0.691. The molecule has 0 aliphatic rings. The molecule has 0 amide bonds. The molecule has 2 unspecified atom stereocenters. The molecule has 0 saturated carbocycles. The Balaban J connectivity index is 3.45. The zero-order chi connectivity index (χ0) is 8.69. The van der Waals surface area contributed by atoms with Gasteiger partial charge in [-0.25, -0.2) is 0 Å². The summed E-state index contributed by atoms with van der Waals surface area (Å²) >= 11 is 0. The predicted molar refractivity (Wildman–Crippen MR) is 40.8 cm³/mol. The molecule has 0 saturated heterocycles. The molecular formula is C6H13O4P.